The summed E-state index contributed by atoms with van der Waals surface area (Å²) in [5, 5.41) is 6.48. The Labute approximate surface area is 278 Å². The summed E-state index contributed by atoms with van der Waals surface area (Å²) in [6.07, 6.45) is 10.2. The molecule has 2 unspecified atom stereocenters. The summed E-state index contributed by atoms with van der Waals surface area (Å²) < 4.78 is 17.6. The number of nitrogens with zero attached hydrogens (tertiary/aromatic N) is 3. The van der Waals surface area contributed by atoms with Crippen LogP contribution in [-0.4, -0.2) is 60.7 Å². The number of carbonyl (C=O) groups excluding carboxylic acids is 3. The van der Waals surface area contributed by atoms with Gasteiger partial charge in [0.1, 0.15) is 39.5 Å². The average molecular weight is 655 g/mol. The number of nitrogens with one attached hydrogen (secondary N) is 1. The van der Waals surface area contributed by atoms with E-state index in [1.165, 1.54) is 24.0 Å². The van der Waals surface area contributed by atoms with Gasteiger partial charge in [-0.3, -0.25) is 24.7 Å². The lowest BCUT2D eigenvalue weighted by atomic mass is 9.71. The van der Waals surface area contributed by atoms with Crippen molar-refractivity contribution in [3.8, 4) is 34.5 Å². The Morgan fingerprint density at radius 2 is 1.98 bits per heavy atom. The fourth-order valence-corrected chi connectivity index (χ4v) is 7.34. The molecule has 1 aliphatic heterocycles. The number of thiazole rings is 1. The molecule has 47 heavy (non-hydrogen) atoms. The van der Waals surface area contributed by atoms with Crippen molar-refractivity contribution in [3.63, 3.8) is 0 Å². The van der Waals surface area contributed by atoms with Gasteiger partial charge in [0.2, 0.25) is 0 Å². The van der Waals surface area contributed by atoms with Crippen molar-refractivity contribution in [3.05, 3.63) is 46.1 Å². The number of allylic oxidation sites excluding steroid dienone is 2. The van der Waals surface area contributed by atoms with Crippen LogP contribution < -0.4 is 14.8 Å². The Bertz CT molecular complexity index is 1840. The smallest absolute Gasteiger partial charge is 0.309 e. The number of aliphatic imine (C=N–C) groups is 1. The third-order valence-corrected chi connectivity index (χ3v) is 10.3. The van der Waals surface area contributed by atoms with E-state index in [4.69, 9.17) is 30.6 Å². The van der Waals surface area contributed by atoms with Crippen LogP contribution in [0.15, 0.2) is 39.8 Å². The highest BCUT2D eigenvalue weighted by Crippen LogP contribution is 2.41. The number of terminal acetylenes is 1. The second-order valence-corrected chi connectivity index (χ2v) is 13.3. The first-order valence-electron chi connectivity index (χ1n) is 15.9. The number of aryl methyl sites for hydroxylation is 1. The summed E-state index contributed by atoms with van der Waals surface area (Å²) in [5.41, 5.74) is 4.81. The molecule has 0 radical (unpaired) electrons. The third kappa shape index (κ3) is 6.85. The summed E-state index contributed by atoms with van der Waals surface area (Å²) >= 11 is 1.37. The molecule has 10 nitrogen and oxygen atoms in total. The molecule has 11 heteroatoms. The number of ketones is 2. The van der Waals surface area contributed by atoms with Gasteiger partial charge in [-0.1, -0.05) is 6.92 Å². The lowest BCUT2D eigenvalue weighted by molar-refractivity contribution is -0.152. The highest BCUT2D eigenvalue weighted by molar-refractivity contribution is 7.13. The molecule has 0 amide bonds. The average Bonchev–Trinajstić information content (AvgIpc) is 3.64. The van der Waals surface area contributed by atoms with E-state index >= 15 is 0 Å². The normalized spacial score (nSPS) is 25.0. The Morgan fingerprint density at radius 3 is 2.72 bits per heavy atom. The lowest BCUT2D eigenvalue weighted by Crippen LogP contribution is -2.52. The first-order chi connectivity index (χ1) is 22.7. The summed E-state index contributed by atoms with van der Waals surface area (Å²) in [6, 6.07) is 5.53. The zero-order valence-electron chi connectivity index (χ0n) is 27.0. The van der Waals surface area contributed by atoms with Gasteiger partial charge in [-0.05, 0) is 49.8 Å². The van der Waals surface area contributed by atoms with Gasteiger partial charge in [-0.25, -0.2) is 9.97 Å². The molecule has 244 valence electrons. The van der Waals surface area contributed by atoms with Crippen molar-refractivity contribution in [1.29, 1.82) is 0 Å². The van der Waals surface area contributed by atoms with E-state index in [-0.39, 0.29) is 36.9 Å². The van der Waals surface area contributed by atoms with Crippen LogP contribution in [-0.2, 0) is 19.1 Å². The van der Waals surface area contributed by atoms with Gasteiger partial charge in [0.25, 0.3) is 0 Å². The van der Waals surface area contributed by atoms with Crippen molar-refractivity contribution in [1.82, 2.24) is 15.3 Å². The fourth-order valence-electron chi connectivity index (χ4n) is 6.62. The topological polar surface area (TPSA) is 129 Å². The van der Waals surface area contributed by atoms with Crippen molar-refractivity contribution >= 4 is 46.0 Å². The molecular formula is C36H38N4O6S. The molecule has 0 spiro atoms. The van der Waals surface area contributed by atoms with E-state index in [9.17, 15) is 14.4 Å². The van der Waals surface area contributed by atoms with Gasteiger partial charge < -0.3 is 14.2 Å². The van der Waals surface area contributed by atoms with E-state index in [1.54, 1.807) is 24.8 Å². The quantitative estimate of drug-likeness (QED) is 0.282. The molecule has 3 aliphatic rings. The van der Waals surface area contributed by atoms with E-state index in [2.05, 4.69) is 16.2 Å². The summed E-state index contributed by atoms with van der Waals surface area (Å²) in [6.45, 7) is 3.91. The molecule has 2 aliphatic carbocycles. The fraction of sp³-hybridized carbons (Fsp3) is 0.444. The number of aromatic nitrogens is 2. The number of carbonyl (C=O) groups is 3. The first-order valence-corrected chi connectivity index (χ1v) is 16.8. The maximum Gasteiger partial charge on any atom is 0.309 e. The van der Waals surface area contributed by atoms with Gasteiger partial charge in [-0.2, -0.15) is 0 Å². The number of ether oxygens (including phenoxy) is 3. The number of pyridine rings is 1. The Balaban J connectivity index is 1.48. The largest absolute Gasteiger partial charge is 0.496 e. The molecule has 6 rings (SSSR count). The van der Waals surface area contributed by atoms with Crippen molar-refractivity contribution in [2.45, 2.75) is 58.6 Å². The van der Waals surface area contributed by atoms with Gasteiger partial charge in [0.15, 0.2) is 6.23 Å². The number of methoxy groups -OCH3 is 2. The number of esters is 1. The number of fused-ring (bicyclic) bond motifs is 2. The predicted octanol–water partition coefficient (Wildman–Crippen LogP) is 5.45. The highest BCUT2D eigenvalue weighted by atomic mass is 32.1. The molecule has 3 heterocycles. The Hall–Kier alpha value is -4.40. The monoisotopic (exact) mass is 654 g/mol. The maximum atomic E-state index is 13.4. The van der Waals surface area contributed by atoms with Crippen LogP contribution >= 0.6 is 11.3 Å². The van der Waals surface area contributed by atoms with E-state index < -0.39 is 30.0 Å². The highest BCUT2D eigenvalue weighted by Gasteiger charge is 2.45. The van der Waals surface area contributed by atoms with Gasteiger partial charge in [-0.15, -0.1) is 17.8 Å². The molecule has 1 fully saturated rings. The minimum absolute atomic E-state index is 0.0396. The zero-order valence-corrected chi connectivity index (χ0v) is 27.8. The number of Topliss-reactive ketones (excluding diaryl/α,β-unsaturated/α-hetero) is 2. The molecule has 0 bridgehead atoms. The van der Waals surface area contributed by atoms with Crippen LogP contribution in [0.3, 0.4) is 0 Å². The molecular weight excluding hydrogens is 616 g/mol. The van der Waals surface area contributed by atoms with Crippen LogP contribution in [0.25, 0.3) is 21.6 Å². The predicted molar refractivity (Wildman–Crippen MR) is 179 cm³/mol. The van der Waals surface area contributed by atoms with Crippen molar-refractivity contribution < 1.29 is 28.6 Å². The molecule has 1 N–H and O–H groups in total. The number of hydrogen-bond donors (Lipinski definition) is 1. The number of rotatable bonds is 5. The second kappa shape index (κ2) is 13.8. The first kappa shape index (κ1) is 32.5. The van der Waals surface area contributed by atoms with Gasteiger partial charge in [0, 0.05) is 71.3 Å². The summed E-state index contributed by atoms with van der Waals surface area (Å²) in [4.78, 5) is 54.0. The van der Waals surface area contributed by atoms with Crippen LogP contribution in [0.1, 0.15) is 56.7 Å². The Kier molecular flexibility index (Phi) is 9.52. The zero-order chi connectivity index (χ0) is 33.2. The second-order valence-electron chi connectivity index (χ2n) is 12.5. The molecule has 5 atom stereocenters. The minimum atomic E-state index is -0.840. The third-order valence-electron chi connectivity index (χ3n) is 9.46. The van der Waals surface area contributed by atoms with Crippen LogP contribution in [0, 0.1) is 42.9 Å². The van der Waals surface area contributed by atoms with E-state index in [0.29, 0.717) is 38.8 Å². The minimum Gasteiger partial charge on any atom is -0.496 e. The molecule has 1 saturated carbocycles. The molecule has 1 aromatic carbocycles. The number of benzene rings is 1. The van der Waals surface area contributed by atoms with Gasteiger partial charge >= 0.3 is 5.97 Å². The van der Waals surface area contributed by atoms with Crippen molar-refractivity contribution in [2.75, 3.05) is 20.8 Å². The summed E-state index contributed by atoms with van der Waals surface area (Å²) in [7, 11) is 2.93. The van der Waals surface area contributed by atoms with E-state index in [1.807, 2.05) is 26.0 Å². The number of hydrogen-bond acceptors (Lipinski definition) is 11. The van der Waals surface area contributed by atoms with Crippen LogP contribution in [0.5, 0.6) is 11.5 Å². The standard InChI is InChI=1S/C36H38N4O6S/c1-6-22-18-47-35(39-22)29-15-32(24-10-11-31(44-4)20(3)33(24)40-29)46-34-25-13-23(41)14-26(36(43)45-5)27(25)16-37-28-12-21(28)9-7-8-19(2)30(42)17-38-34/h1,10-11,15-16,18-19,25-27,34,38H,7-9,12-14,17H2,2-5H3/t19?,25?,26-,27+,34+/m1/s1. The molecule has 3 aromatic rings. The molecule has 2 aromatic heterocycles. The van der Waals surface area contributed by atoms with Crippen LogP contribution in [0.4, 0.5) is 0 Å². The van der Waals surface area contributed by atoms with Gasteiger partial charge in [0.05, 0.1) is 32.2 Å². The van der Waals surface area contributed by atoms with E-state index in [0.717, 1.165) is 36.9 Å². The summed E-state index contributed by atoms with van der Waals surface area (Å²) in [5.74, 6) is 1.32. The Morgan fingerprint density at radius 1 is 1.15 bits per heavy atom. The van der Waals surface area contributed by atoms with Crippen molar-refractivity contribution in [2.24, 2.45) is 28.7 Å². The lowest BCUT2D eigenvalue weighted by Gasteiger charge is -2.38. The maximum absolute atomic E-state index is 13.4. The SMILES string of the molecule is C#Cc1csc(-c2cc(O[C@@H]3NCC(=O)C(C)CCCC4=C(C4)N=C[C@H]4C3CC(=O)C[C@H]4C(=O)OC)c3ccc(OC)c(C)c3n2)n1. The van der Waals surface area contributed by atoms with Crippen LogP contribution in [0.2, 0.25) is 0 Å². The molecule has 0 saturated heterocycles.